The lowest BCUT2D eigenvalue weighted by Crippen LogP contribution is -2.30. The summed E-state index contributed by atoms with van der Waals surface area (Å²) >= 11 is 5.80. The SMILES string of the molecule is CN(CC(=O)Nc1c(Cl)cccc1C(F)(F)F)Cc1ccc(OC(F)F)cc1. The number of carbonyl (C=O) groups excluding carboxylic acids is 1. The van der Waals surface area contributed by atoms with E-state index in [1.54, 1.807) is 24.1 Å². The van der Waals surface area contributed by atoms with Crippen molar-refractivity contribution in [2.24, 2.45) is 0 Å². The van der Waals surface area contributed by atoms with Gasteiger partial charge in [0.25, 0.3) is 0 Å². The summed E-state index contributed by atoms with van der Waals surface area (Å²) in [5.41, 5.74) is -0.833. The zero-order valence-corrected chi connectivity index (χ0v) is 15.3. The third-order valence-electron chi connectivity index (χ3n) is 3.60. The van der Waals surface area contributed by atoms with Gasteiger partial charge >= 0.3 is 12.8 Å². The van der Waals surface area contributed by atoms with Crippen LogP contribution in [0, 0.1) is 0 Å². The van der Waals surface area contributed by atoms with Crippen molar-refractivity contribution in [3.05, 3.63) is 58.6 Å². The van der Waals surface area contributed by atoms with E-state index in [0.717, 1.165) is 12.1 Å². The lowest BCUT2D eigenvalue weighted by molar-refractivity contribution is -0.137. The largest absolute Gasteiger partial charge is 0.435 e. The molecule has 2 aromatic carbocycles. The molecule has 1 N–H and O–H groups in total. The minimum atomic E-state index is -4.67. The van der Waals surface area contributed by atoms with E-state index in [1.807, 2.05) is 0 Å². The van der Waals surface area contributed by atoms with E-state index < -0.39 is 29.9 Å². The van der Waals surface area contributed by atoms with Crippen LogP contribution in [0.3, 0.4) is 0 Å². The summed E-state index contributed by atoms with van der Waals surface area (Å²) < 4.78 is 67.7. The van der Waals surface area contributed by atoms with E-state index in [1.165, 1.54) is 18.2 Å². The van der Waals surface area contributed by atoms with Crippen LogP contribution in [-0.2, 0) is 17.5 Å². The zero-order valence-electron chi connectivity index (χ0n) is 14.6. The molecule has 0 saturated heterocycles. The maximum Gasteiger partial charge on any atom is 0.418 e. The Morgan fingerprint density at radius 2 is 1.82 bits per heavy atom. The van der Waals surface area contributed by atoms with Crippen molar-refractivity contribution in [1.82, 2.24) is 4.90 Å². The average Bonchev–Trinajstić information content (AvgIpc) is 2.57. The van der Waals surface area contributed by atoms with Crippen LogP contribution in [0.1, 0.15) is 11.1 Å². The number of amides is 1. The molecule has 0 fully saturated rings. The summed E-state index contributed by atoms with van der Waals surface area (Å²) in [5, 5.41) is 1.98. The number of nitrogens with zero attached hydrogens (tertiary/aromatic N) is 1. The van der Waals surface area contributed by atoms with E-state index in [-0.39, 0.29) is 23.9 Å². The van der Waals surface area contributed by atoms with Gasteiger partial charge in [-0.2, -0.15) is 22.0 Å². The van der Waals surface area contributed by atoms with Crippen LogP contribution in [0.25, 0.3) is 0 Å². The van der Waals surface area contributed by atoms with E-state index >= 15 is 0 Å². The van der Waals surface area contributed by atoms with Gasteiger partial charge in [0.2, 0.25) is 5.91 Å². The highest BCUT2D eigenvalue weighted by Crippen LogP contribution is 2.38. The van der Waals surface area contributed by atoms with Crippen molar-refractivity contribution in [3.8, 4) is 5.75 Å². The van der Waals surface area contributed by atoms with Gasteiger partial charge in [-0.3, -0.25) is 9.69 Å². The summed E-state index contributed by atoms with van der Waals surface area (Å²) in [6, 6.07) is 9.02. The van der Waals surface area contributed by atoms with E-state index in [4.69, 9.17) is 11.6 Å². The van der Waals surface area contributed by atoms with Crippen molar-refractivity contribution in [1.29, 1.82) is 0 Å². The van der Waals surface area contributed by atoms with Crippen LogP contribution >= 0.6 is 11.6 Å². The summed E-state index contributed by atoms with van der Waals surface area (Å²) in [6.45, 7) is -2.88. The smallest absolute Gasteiger partial charge is 0.418 e. The second kappa shape index (κ2) is 9.20. The lowest BCUT2D eigenvalue weighted by atomic mass is 10.1. The Bertz CT molecular complexity index is 813. The van der Waals surface area contributed by atoms with Crippen LogP contribution < -0.4 is 10.1 Å². The van der Waals surface area contributed by atoms with Crippen molar-refractivity contribution in [2.75, 3.05) is 18.9 Å². The molecule has 0 aliphatic carbocycles. The zero-order chi connectivity index (χ0) is 20.9. The van der Waals surface area contributed by atoms with Crippen LogP contribution in [0.15, 0.2) is 42.5 Å². The molecule has 0 heterocycles. The molecule has 0 aromatic heterocycles. The number of ether oxygens (including phenoxy) is 1. The number of carbonyl (C=O) groups is 1. The monoisotopic (exact) mass is 422 g/mol. The van der Waals surface area contributed by atoms with Crippen LogP contribution in [0.5, 0.6) is 5.75 Å². The molecule has 0 aliphatic heterocycles. The summed E-state index contributed by atoms with van der Waals surface area (Å²) in [7, 11) is 1.58. The molecule has 2 aromatic rings. The minimum Gasteiger partial charge on any atom is -0.435 e. The molecule has 152 valence electrons. The number of halogens is 6. The molecule has 0 radical (unpaired) electrons. The van der Waals surface area contributed by atoms with Crippen molar-refractivity contribution in [3.63, 3.8) is 0 Å². The van der Waals surface area contributed by atoms with Gasteiger partial charge in [-0.1, -0.05) is 29.8 Å². The number of para-hydroxylation sites is 1. The predicted molar refractivity (Wildman–Crippen MR) is 94.5 cm³/mol. The fourth-order valence-corrected chi connectivity index (χ4v) is 2.68. The van der Waals surface area contributed by atoms with Gasteiger partial charge < -0.3 is 10.1 Å². The Hall–Kier alpha value is -2.39. The van der Waals surface area contributed by atoms with Gasteiger partial charge in [0.1, 0.15) is 5.75 Å². The predicted octanol–water partition coefficient (Wildman–Crippen LogP) is 5.03. The van der Waals surface area contributed by atoms with Crippen molar-refractivity contribution < 1.29 is 31.5 Å². The number of anilines is 1. The molecule has 0 unspecified atom stereocenters. The number of hydrogen-bond acceptors (Lipinski definition) is 3. The Kier molecular flexibility index (Phi) is 7.20. The third kappa shape index (κ3) is 6.35. The summed E-state index contributed by atoms with van der Waals surface area (Å²) in [5.74, 6) is -0.684. The molecule has 10 heteroatoms. The maximum atomic E-state index is 13.1. The van der Waals surface area contributed by atoms with Crippen LogP contribution in [-0.4, -0.2) is 31.0 Å². The fraction of sp³-hybridized carbons (Fsp3) is 0.278. The fourth-order valence-electron chi connectivity index (χ4n) is 2.46. The number of nitrogens with one attached hydrogen (secondary N) is 1. The van der Waals surface area contributed by atoms with Crippen molar-refractivity contribution >= 4 is 23.2 Å². The Balaban J connectivity index is 1.98. The summed E-state index contributed by atoms with van der Waals surface area (Å²) in [4.78, 5) is 13.7. The second-order valence-electron chi connectivity index (χ2n) is 5.90. The van der Waals surface area contributed by atoms with Gasteiger partial charge in [0, 0.05) is 6.54 Å². The topological polar surface area (TPSA) is 41.6 Å². The highest BCUT2D eigenvalue weighted by Gasteiger charge is 2.34. The standard InChI is InChI=1S/C18H16ClF5N2O2/c1-26(9-11-5-7-12(8-6-11)28-17(20)21)10-15(27)25-16-13(18(22,23)24)3-2-4-14(16)19/h2-8,17H,9-10H2,1H3,(H,25,27). The molecule has 28 heavy (non-hydrogen) atoms. The Labute approximate surface area is 162 Å². The molecule has 0 saturated carbocycles. The minimum absolute atomic E-state index is 0.00227. The van der Waals surface area contributed by atoms with Gasteiger partial charge in [0.15, 0.2) is 0 Å². The quantitative estimate of drug-likeness (QED) is 0.636. The Morgan fingerprint density at radius 3 is 2.39 bits per heavy atom. The first-order valence-corrected chi connectivity index (χ1v) is 8.32. The van der Waals surface area contributed by atoms with Crippen LogP contribution in [0.4, 0.5) is 27.6 Å². The third-order valence-corrected chi connectivity index (χ3v) is 3.91. The summed E-state index contributed by atoms with van der Waals surface area (Å²) in [6.07, 6.45) is -4.67. The van der Waals surface area contributed by atoms with E-state index in [0.29, 0.717) is 5.56 Å². The van der Waals surface area contributed by atoms with Gasteiger partial charge in [-0.25, -0.2) is 0 Å². The maximum absolute atomic E-state index is 13.1. The molecule has 4 nitrogen and oxygen atoms in total. The average molecular weight is 423 g/mol. The molecule has 2 rings (SSSR count). The molecule has 0 atom stereocenters. The van der Waals surface area contributed by atoms with Gasteiger partial charge in [-0.05, 0) is 36.9 Å². The first kappa shape index (κ1) is 21.9. The number of rotatable bonds is 7. The highest BCUT2D eigenvalue weighted by molar-refractivity contribution is 6.34. The number of likely N-dealkylation sites (N-methyl/N-ethyl adjacent to an activating group) is 1. The van der Waals surface area contributed by atoms with E-state index in [2.05, 4.69) is 10.1 Å². The number of alkyl halides is 5. The molecular formula is C18H16ClF5N2O2. The molecule has 0 aliphatic rings. The van der Waals surface area contributed by atoms with Crippen molar-refractivity contribution in [2.45, 2.75) is 19.3 Å². The van der Waals surface area contributed by atoms with Gasteiger partial charge in [0.05, 0.1) is 22.8 Å². The second-order valence-corrected chi connectivity index (χ2v) is 6.31. The van der Waals surface area contributed by atoms with Gasteiger partial charge in [-0.15, -0.1) is 0 Å². The Morgan fingerprint density at radius 1 is 1.18 bits per heavy atom. The molecule has 0 spiro atoms. The highest BCUT2D eigenvalue weighted by atomic mass is 35.5. The number of benzene rings is 2. The number of hydrogen-bond donors (Lipinski definition) is 1. The van der Waals surface area contributed by atoms with Crippen LogP contribution in [0.2, 0.25) is 5.02 Å². The lowest BCUT2D eigenvalue weighted by Gasteiger charge is -2.19. The molecular weight excluding hydrogens is 407 g/mol. The molecule has 0 bridgehead atoms. The first-order chi connectivity index (χ1) is 13.1. The van der Waals surface area contributed by atoms with E-state index in [9.17, 15) is 26.7 Å². The normalized spacial score (nSPS) is 11.8. The molecule has 1 amide bonds. The first-order valence-electron chi connectivity index (χ1n) is 7.94.